The lowest BCUT2D eigenvalue weighted by Crippen LogP contribution is -2.13. The van der Waals surface area contributed by atoms with E-state index in [-0.39, 0.29) is 5.69 Å². The molecule has 3 nitrogen and oxygen atoms in total. The van der Waals surface area contributed by atoms with E-state index in [0.29, 0.717) is 5.56 Å². The van der Waals surface area contributed by atoms with Crippen LogP contribution in [0.15, 0.2) is 48.5 Å². The Hall–Kier alpha value is -2.50. The van der Waals surface area contributed by atoms with E-state index in [2.05, 4.69) is 10.6 Å². The van der Waals surface area contributed by atoms with Gasteiger partial charge in [0, 0.05) is 24.0 Å². The first-order valence-corrected chi connectivity index (χ1v) is 6.16. The second-order valence-corrected chi connectivity index (χ2v) is 4.36. The summed E-state index contributed by atoms with van der Waals surface area (Å²) in [6.45, 7) is 0. The molecule has 2 rings (SSSR count). The number of hydrogen-bond acceptors (Lipinski definition) is 2. The van der Waals surface area contributed by atoms with Gasteiger partial charge in [0.05, 0.1) is 5.56 Å². The summed E-state index contributed by atoms with van der Waals surface area (Å²) in [5, 5.41) is 5.34. The minimum atomic E-state index is -4.44. The van der Waals surface area contributed by atoms with Gasteiger partial charge in [-0.3, -0.25) is 4.79 Å². The topological polar surface area (TPSA) is 41.1 Å². The molecule has 0 bridgehead atoms. The molecule has 0 saturated heterocycles. The average Bonchev–Trinajstić information content (AvgIpc) is 2.46. The van der Waals surface area contributed by atoms with Crippen molar-refractivity contribution in [1.82, 2.24) is 0 Å². The van der Waals surface area contributed by atoms with Gasteiger partial charge in [-0.2, -0.15) is 13.2 Å². The number of nitrogens with one attached hydrogen (secondary N) is 2. The van der Waals surface area contributed by atoms with Gasteiger partial charge in [-0.1, -0.05) is 12.1 Å². The van der Waals surface area contributed by atoms with Gasteiger partial charge >= 0.3 is 6.18 Å². The minimum absolute atomic E-state index is 0.102. The van der Waals surface area contributed by atoms with Crippen LogP contribution in [0.1, 0.15) is 15.9 Å². The van der Waals surface area contributed by atoms with Crippen LogP contribution in [0.5, 0.6) is 0 Å². The molecular formula is C15H13F3N2O. The molecule has 0 unspecified atom stereocenters. The lowest BCUT2D eigenvalue weighted by molar-refractivity contribution is -0.137. The largest absolute Gasteiger partial charge is 0.416 e. The summed E-state index contributed by atoms with van der Waals surface area (Å²) in [7, 11) is 1.71. The molecule has 0 saturated carbocycles. The molecule has 0 aromatic heterocycles. The average molecular weight is 294 g/mol. The van der Waals surface area contributed by atoms with Crippen molar-refractivity contribution in [1.29, 1.82) is 0 Å². The first-order valence-electron chi connectivity index (χ1n) is 6.16. The Kier molecular flexibility index (Phi) is 4.16. The van der Waals surface area contributed by atoms with E-state index >= 15 is 0 Å². The molecular weight excluding hydrogens is 281 g/mol. The first kappa shape index (κ1) is 14.9. The van der Waals surface area contributed by atoms with Gasteiger partial charge in [-0.05, 0) is 36.4 Å². The van der Waals surface area contributed by atoms with Gasteiger partial charge in [0.25, 0.3) is 5.91 Å². The summed E-state index contributed by atoms with van der Waals surface area (Å²) in [6, 6.07) is 11.2. The molecule has 0 radical (unpaired) electrons. The Balaban J connectivity index is 2.19. The van der Waals surface area contributed by atoms with Gasteiger partial charge in [0.15, 0.2) is 0 Å². The number of anilines is 2. The van der Waals surface area contributed by atoms with Gasteiger partial charge in [-0.25, -0.2) is 0 Å². The Morgan fingerprint density at radius 1 is 1.00 bits per heavy atom. The summed E-state index contributed by atoms with van der Waals surface area (Å²) in [6.07, 6.45) is -4.44. The van der Waals surface area contributed by atoms with Crippen LogP contribution in [0.25, 0.3) is 0 Å². The highest BCUT2D eigenvalue weighted by Crippen LogP contribution is 2.30. The first-order chi connectivity index (χ1) is 9.90. The molecule has 0 aliphatic rings. The molecule has 2 N–H and O–H groups in total. The van der Waals surface area contributed by atoms with E-state index in [4.69, 9.17) is 0 Å². The van der Waals surface area contributed by atoms with Gasteiger partial charge in [-0.15, -0.1) is 0 Å². The Morgan fingerprint density at radius 2 is 1.67 bits per heavy atom. The maximum atomic E-state index is 12.6. The predicted molar refractivity (Wildman–Crippen MR) is 75.4 cm³/mol. The smallest absolute Gasteiger partial charge is 0.388 e. The molecule has 1 amide bonds. The molecule has 0 atom stereocenters. The molecule has 21 heavy (non-hydrogen) atoms. The number of carbonyl (C=O) groups is 1. The molecule has 0 heterocycles. The SMILES string of the molecule is CNc1cccc(C(=O)Nc2cccc(C(F)(F)F)c2)c1. The van der Waals surface area contributed by atoms with Gasteiger partial charge in [0.2, 0.25) is 0 Å². The zero-order valence-corrected chi connectivity index (χ0v) is 11.2. The van der Waals surface area contributed by atoms with Crippen LogP contribution in [0.2, 0.25) is 0 Å². The van der Waals surface area contributed by atoms with E-state index in [1.54, 1.807) is 31.3 Å². The Bertz CT molecular complexity index is 653. The fraction of sp³-hybridized carbons (Fsp3) is 0.133. The van der Waals surface area contributed by atoms with Gasteiger partial charge in [0.1, 0.15) is 0 Å². The second kappa shape index (κ2) is 5.87. The van der Waals surface area contributed by atoms with Crippen molar-refractivity contribution in [2.24, 2.45) is 0 Å². The lowest BCUT2D eigenvalue weighted by atomic mass is 10.1. The molecule has 0 aliphatic heterocycles. The van der Waals surface area contributed by atoms with E-state index in [1.807, 2.05) is 0 Å². The third kappa shape index (κ3) is 3.75. The monoisotopic (exact) mass is 294 g/mol. The maximum absolute atomic E-state index is 12.6. The van der Waals surface area contributed by atoms with Crippen LogP contribution < -0.4 is 10.6 Å². The van der Waals surface area contributed by atoms with Crippen LogP contribution in [0, 0.1) is 0 Å². The van der Waals surface area contributed by atoms with Crippen molar-refractivity contribution < 1.29 is 18.0 Å². The molecule has 110 valence electrons. The number of rotatable bonds is 3. The number of carbonyl (C=O) groups excluding carboxylic acids is 1. The zero-order chi connectivity index (χ0) is 15.5. The minimum Gasteiger partial charge on any atom is -0.388 e. The summed E-state index contributed by atoms with van der Waals surface area (Å²) < 4.78 is 37.8. The van der Waals surface area contributed by atoms with Crippen LogP contribution in [0.3, 0.4) is 0 Å². The van der Waals surface area contributed by atoms with Crippen molar-refractivity contribution in [2.75, 3.05) is 17.7 Å². The van der Waals surface area contributed by atoms with Gasteiger partial charge < -0.3 is 10.6 Å². The highest BCUT2D eigenvalue weighted by atomic mass is 19.4. The fourth-order valence-corrected chi connectivity index (χ4v) is 1.79. The molecule has 2 aromatic rings. The summed E-state index contributed by atoms with van der Waals surface area (Å²) >= 11 is 0. The fourth-order valence-electron chi connectivity index (χ4n) is 1.79. The van der Waals surface area contributed by atoms with E-state index < -0.39 is 17.6 Å². The van der Waals surface area contributed by atoms with Crippen molar-refractivity contribution >= 4 is 17.3 Å². The third-order valence-corrected chi connectivity index (χ3v) is 2.86. The summed E-state index contributed by atoms with van der Waals surface area (Å²) in [4.78, 5) is 12.0. The van der Waals surface area contributed by atoms with Crippen molar-refractivity contribution in [3.05, 3.63) is 59.7 Å². The maximum Gasteiger partial charge on any atom is 0.416 e. The quantitative estimate of drug-likeness (QED) is 0.898. The lowest BCUT2D eigenvalue weighted by Gasteiger charge is -2.10. The number of hydrogen-bond donors (Lipinski definition) is 2. The van der Waals surface area contributed by atoms with E-state index in [9.17, 15) is 18.0 Å². The Labute approximate surface area is 119 Å². The number of benzene rings is 2. The van der Waals surface area contributed by atoms with Crippen molar-refractivity contribution in [3.8, 4) is 0 Å². The zero-order valence-electron chi connectivity index (χ0n) is 11.2. The molecule has 0 spiro atoms. The van der Waals surface area contributed by atoms with E-state index in [0.717, 1.165) is 17.8 Å². The number of alkyl halides is 3. The number of amides is 1. The molecule has 6 heteroatoms. The standard InChI is InChI=1S/C15H13F3N2O/c1-19-12-6-2-4-10(8-12)14(21)20-13-7-3-5-11(9-13)15(16,17)18/h2-9,19H,1H3,(H,20,21). The highest BCUT2D eigenvalue weighted by Gasteiger charge is 2.30. The second-order valence-electron chi connectivity index (χ2n) is 4.36. The predicted octanol–water partition coefficient (Wildman–Crippen LogP) is 4.00. The van der Waals surface area contributed by atoms with Crippen LogP contribution in [-0.4, -0.2) is 13.0 Å². The highest BCUT2D eigenvalue weighted by molar-refractivity contribution is 6.04. The summed E-state index contributed by atoms with van der Waals surface area (Å²) in [5.74, 6) is -0.466. The molecule has 0 aliphatic carbocycles. The van der Waals surface area contributed by atoms with Crippen molar-refractivity contribution in [3.63, 3.8) is 0 Å². The van der Waals surface area contributed by atoms with E-state index in [1.165, 1.54) is 12.1 Å². The van der Waals surface area contributed by atoms with Crippen LogP contribution in [0.4, 0.5) is 24.5 Å². The van der Waals surface area contributed by atoms with Crippen LogP contribution >= 0.6 is 0 Å². The Morgan fingerprint density at radius 3 is 2.33 bits per heavy atom. The normalized spacial score (nSPS) is 11.0. The molecule has 2 aromatic carbocycles. The van der Waals surface area contributed by atoms with Crippen LogP contribution in [-0.2, 0) is 6.18 Å². The van der Waals surface area contributed by atoms with Crippen molar-refractivity contribution in [2.45, 2.75) is 6.18 Å². The third-order valence-electron chi connectivity index (χ3n) is 2.86. The summed E-state index contributed by atoms with van der Waals surface area (Å²) in [5.41, 5.74) is 0.403. The molecule has 0 fully saturated rings. The number of halogens is 3.